The molecule has 2 aromatic rings. The van der Waals surface area contributed by atoms with Crippen molar-refractivity contribution in [3.05, 3.63) is 69.3 Å². The number of non-ortho nitro benzene ring substituents is 1. The van der Waals surface area contributed by atoms with Gasteiger partial charge in [0.1, 0.15) is 0 Å². The number of carbonyl (C=O) groups is 1. The molecular weight excluding hydrogens is 407 g/mol. The molecule has 29 heavy (non-hydrogen) atoms. The van der Waals surface area contributed by atoms with Gasteiger partial charge in [0, 0.05) is 54.5 Å². The van der Waals surface area contributed by atoms with E-state index in [1.54, 1.807) is 0 Å². The molecule has 1 aliphatic rings. The number of nitro benzene ring substituents is 1. The standard InChI is InChI=1S/C19H18F3N3O3S/c20-19(21,22)15-9-14(10-17(11-15)25(27)28)18(26)23-12-13-1-3-16(4-2-13)24-5-7-29-8-6-24/h1-4,9-11H,5-8,12H2,(H,23,26). The lowest BCUT2D eigenvalue weighted by molar-refractivity contribution is -0.385. The topological polar surface area (TPSA) is 75.5 Å². The number of rotatable bonds is 5. The maximum atomic E-state index is 13.0. The van der Waals surface area contributed by atoms with Crippen LogP contribution in [0, 0.1) is 10.1 Å². The molecule has 2 aromatic carbocycles. The van der Waals surface area contributed by atoms with Gasteiger partial charge < -0.3 is 10.2 Å². The van der Waals surface area contributed by atoms with Crippen molar-refractivity contribution in [1.29, 1.82) is 0 Å². The first kappa shape index (κ1) is 21.0. The molecule has 1 aliphatic heterocycles. The SMILES string of the molecule is O=C(NCc1ccc(N2CCSCC2)cc1)c1cc([N+](=O)[O-])cc(C(F)(F)F)c1. The number of nitrogens with zero attached hydrogens (tertiary/aromatic N) is 2. The van der Waals surface area contributed by atoms with E-state index in [2.05, 4.69) is 10.2 Å². The highest BCUT2D eigenvalue weighted by Gasteiger charge is 2.33. The van der Waals surface area contributed by atoms with Crippen molar-refractivity contribution < 1.29 is 22.9 Å². The van der Waals surface area contributed by atoms with Crippen LogP contribution in [0.1, 0.15) is 21.5 Å². The number of nitro groups is 1. The van der Waals surface area contributed by atoms with Crippen molar-refractivity contribution in [2.45, 2.75) is 12.7 Å². The lowest BCUT2D eigenvalue weighted by atomic mass is 10.1. The van der Waals surface area contributed by atoms with Gasteiger partial charge in [0.2, 0.25) is 0 Å². The first-order chi connectivity index (χ1) is 13.7. The summed E-state index contributed by atoms with van der Waals surface area (Å²) in [7, 11) is 0. The summed E-state index contributed by atoms with van der Waals surface area (Å²) in [6.07, 6.45) is -4.79. The Morgan fingerprint density at radius 2 is 1.79 bits per heavy atom. The van der Waals surface area contributed by atoms with E-state index in [1.807, 2.05) is 36.0 Å². The molecule has 154 valence electrons. The van der Waals surface area contributed by atoms with Crippen LogP contribution in [0.3, 0.4) is 0 Å². The molecule has 0 aromatic heterocycles. The number of carbonyl (C=O) groups excluding carboxylic acids is 1. The molecule has 1 saturated heterocycles. The zero-order valence-electron chi connectivity index (χ0n) is 15.2. The summed E-state index contributed by atoms with van der Waals surface area (Å²) in [4.78, 5) is 24.5. The van der Waals surface area contributed by atoms with Crippen molar-refractivity contribution in [3.8, 4) is 0 Å². The number of anilines is 1. The van der Waals surface area contributed by atoms with Gasteiger partial charge in [-0.2, -0.15) is 24.9 Å². The van der Waals surface area contributed by atoms with E-state index < -0.39 is 33.8 Å². The predicted octanol–water partition coefficient (Wildman–Crippen LogP) is 4.10. The maximum absolute atomic E-state index is 13.0. The molecule has 6 nitrogen and oxygen atoms in total. The maximum Gasteiger partial charge on any atom is 0.416 e. The predicted molar refractivity (Wildman–Crippen MR) is 105 cm³/mol. The minimum Gasteiger partial charge on any atom is -0.370 e. The van der Waals surface area contributed by atoms with Gasteiger partial charge in [0.05, 0.1) is 10.5 Å². The van der Waals surface area contributed by atoms with E-state index >= 15 is 0 Å². The first-order valence-corrected chi connectivity index (χ1v) is 9.96. The Morgan fingerprint density at radius 3 is 2.38 bits per heavy atom. The second-order valence-corrected chi connectivity index (χ2v) is 7.70. The van der Waals surface area contributed by atoms with Crippen molar-refractivity contribution in [1.82, 2.24) is 5.32 Å². The third-order valence-corrected chi connectivity index (χ3v) is 5.43. The summed E-state index contributed by atoms with van der Waals surface area (Å²) < 4.78 is 38.9. The lowest BCUT2D eigenvalue weighted by Crippen LogP contribution is -2.32. The quantitative estimate of drug-likeness (QED) is 0.577. The van der Waals surface area contributed by atoms with Crippen LogP contribution in [-0.4, -0.2) is 35.4 Å². The van der Waals surface area contributed by atoms with Crippen LogP contribution in [0.15, 0.2) is 42.5 Å². The Balaban J connectivity index is 1.68. The summed E-state index contributed by atoms with van der Waals surface area (Å²) in [6.45, 7) is 2.03. The van der Waals surface area contributed by atoms with Gasteiger partial charge >= 0.3 is 6.18 Å². The smallest absolute Gasteiger partial charge is 0.370 e. The van der Waals surface area contributed by atoms with Crippen LogP contribution in [0.4, 0.5) is 24.5 Å². The highest BCUT2D eigenvalue weighted by atomic mass is 32.2. The number of alkyl halides is 3. The first-order valence-electron chi connectivity index (χ1n) is 8.80. The molecule has 1 heterocycles. The number of halogens is 3. The highest BCUT2D eigenvalue weighted by molar-refractivity contribution is 7.99. The number of hydrogen-bond donors (Lipinski definition) is 1. The van der Waals surface area contributed by atoms with Gasteiger partial charge in [-0.1, -0.05) is 12.1 Å². The number of nitrogens with one attached hydrogen (secondary N) is 1. The fourth-order valence-electron chi connectivity index (χ4n) is 2.94. The third-order valence-electron chi connectivity index (χ3n) is 4.48. The summed E-state index contributed by atoms with van der Waals surface area (Å²) in [5.74, 6) is 1.33. The monoisotopic (exact) mass is 425 g/mol. The van der Waals surface area contributed by atoms with E-state index in [0.29, 0.717) is 12.1 Å². The Labute approximate surface area is 169 Å². The number of amides is 1. The summed E-state index contributed by atoms with van der Waals surface area (Å²) in [5.41, 5.74) is -0.576. The van der Waals surface area contributed by atoms with Crippen molar-refractivity contribution in [2.24, 2.45) is 0 Å². The minimum atomic E-state index is -4.79. The molecule has 0 bridgehead atoms. The largest absolute Gasteiger partial charge is 0.416 e. The Morgan fingerprint density at radius 1 is 1.14 bits per heavy atom. The zero-order valence-corrected chi connectivity index (χ0v) is 16.1. The fraction of sp³-hybridized carbons (Fsp3) is 0.316. The zero-order chi connectivity index (χ0) is 21.0. The summed E-state index contributed by atoms with van der Waals surface area (Å²) in [6, 6.07) is 9.41. The molecule has 10 heteroatoms. The lowest BCUT2D eigenvalue weighted by Gasteiger charge is -2.28. The van der Waals surface area contributed by atoms with Crippen LogP contribution < -0.4 is 10.2 Å². The van der Waals surface area contributed by atoms with Gasteiger partial charge in [-0.05, 0) is 23.8 Å². The molecule has 0 saturated carbocycles. The van der Waals surface area contributed by atoms with Crippen LogP contribution in [0.2, 0.25) is 0 Å². The number of hydrogen-bond acceptors (Lipinski definition) is 5. The van der Waals surface area contributed by atoms with Gasteiger partial charge in [-0.15, -0.1) is 0 Å². The Kier molecular flexibility index (Phi) is 6.31. The molecular formula is C19H18F3N3O3S. The van der Waals surface area contributed by atoms with E-state index in [-0.39, 0.29) is 6.54 Å². The highest BCUT2D eigenvalue weighted by Crippen LogP contribution is 2.32. The van der Waals surface area contributed by atoms with E-state index in [0.717, 1.165) is 41.9 Å². The molecule has 1 amide bonds. The molecule has 0 spiro atoms. The molecule has 1 N–H and O–H groups in total. The Hall–Kier alpha value is -2.75. The van der Waals surface area contributed by atoms with Crippen LogP contribution in [0.25, 0.3) is 0 Å². The van der Waals surface area contributed by atoms with E-state index in [4.69, 9.17) is 0 Å². The summed E-state index contributed by atoms with van der Waals surface area (Å²) in [5, 5.41) is 13.4. The third kappa shape index (κ3) is 5.41. The van der Waals surface area contributed by atoms with Crippen LogP contribution in [-0.2, 0) is 12.7 Å². The molecule has 0 radical (unpaired) electrons. The molecule has 0 atom stereocenters. The number of benzene rings is 2. The average molecular weight is 425 g/mol. The van der Waals surface area contributed by atoms with Crippen molar-refractivity contribution in [3.63, 3.8) is 0 Å². The van der Waals surface area contributed by atoms with Crippen molar-refractivity contribution in [2.75, 3.05) is 29.5 Å². The van der Waals surface area contributed by atoms with E-state index in [9.17, 15) is 28.1 Å². The molecule has 3 rings (SSSR count). The minimum absolute atomic E-state index is 0.0962. The second kappa shape index (κ2) is 8.73. The molecule has 0 aliphatic carbocycles. The second-order valence-electron chi connectivity index (χ2n) is 6.47. The average Bonchev–Trinajstić information content (AvgIpc) is 2.72. The number of thioether (sulfide) groups is 1. The van der Waals surface area contributed by atoms with Gasteiger partial charge in [0.25, 0.3) is 11.6 Å². The fourth-order valence-corrected chi connectivity index (χ4v) is 3.85. The van der Waals surface area contributed by atoms with Gasteiger partial charge in [-0.3, -0.25) is 14.9 Å². The molecule has 0 unspecified atom stereocenters. The van der Waals surface area contributed by atoms with E-state index in [1.165, 1.54) is 0 Å². The van der Waals surface area contributed by atoms with Crippen LogP contribution in [0.5, 0.6) is 0 Å². The Bertz CT molecular complexity index is 898. The van der Waals surface area contributed by atoms with Crippen LogP contribution >= 0.6 is 11.8 Å². The van der Waals surface area contributed by atoms with Gasteiger partial charge in [-0.25, -0.2) is 0 Å². The normalized spacial score (nSPS) is 14.5. The molecule has 1 fully saturated rings. The van der Waals surface area contributed by atoms with Crippen molar-refractivity contribution >= 4 is 29.0 Å². The summed E-state index contributed by atoms with van der Waals surface area (Å²) >= 11 is 1.91. The van der Waals surface area contributed by atoms with Gasteiger partial charge in [0.15, 0.2) is 0 Å².